The maximum atomic E-state index is 7.60. The Morgan fingerprint density at radius 1 is 1.60 bits per heavy atom. The highest BCUT2D eigenvalue weighted by Gasteiger charge is 1.96. The average molecular weight is 138 g/mol. The Balaban J connectivity index is 2.97. The fraction of sp³-hybridized carbons (Fsp3) is 0.111. The van der Waals surface area contributed by atoms with Crippen molar-refractivity contribution in [2.75, 3.05) is 0 Å². The second-order valence-corrected chi connectivity index (χ2v) is 1.91. The summed E-state index contributed by atoms with van der Waals surface area (Å²) in [4.78, 5) is 0. The second-order valence-electron chi connectivity index (χ2n) is 1.91. The Bertz CT molecular complexity index is 553. The average Bonchev–Trinajstić information content (AvgIpc) is 2.61. The summed E-state index contributed by atoms with van der Waals surface area (Å²) in [7, 11) is 0. The summed E-state index contributed by atoms with van der Waals surface area (Å²) in [5, 5.41) is 0.257. The Morgan fingerprint density at radius 2 is 2.60 bits per heavy atom. The largest absolute Gasteiger partial charge is 0.464 e. The molecule has 1 nitrogen and oxygen atoms in total. The number of aryl methyl sites for hydroxylation is 1. The normalized spacial score (nSPS) is 20.4. The third-order valence-electron chi connectivity index (χ3n) is 1.28. The number of hydrogen-bond donors (Lipinski definition) is 0. The van der Waals surface area contributed by atoms with Gasteiger partial charge >= 0.3 is 0 Å². The van der Waals surface area contributed by atoms with Crippen LogP contribution >= 0.6 is 0 Å². The van der Waals surface area contributed by atoms with Crippen molar-refractivity contribution < 1.29 is 12.6 Å². The van der Waals surface area contributed by atoms with Gasteiger partial charge in [0, 0.05) is 9.50 Å². The van der Waals surface area contributed by atoms with Crippen LogP contribution in [-0.2, 0) is 0 Å². The van der Waals surface area contributed by atoms with Gasteiger partial charge in [-0.2, -0.15) is 0 Å². The highest BCUT2D eigenvalue weighted by Crippen LogP contribution is 2.18. The molecule has 0 N–H and O–H groups in total. The van der Waals surface area contributed by atoms with Crippen LogP contribution < -0.4 is 0 Å². The lowest BCUT2D eigenvalue weighted by Crippen LogP contribution is -1.69. The third-order valence-corrected chi connectivity index (χ3v) is 1.28. The van der Waals surface area contributed by atoms with Crippen LogP contribution in [0.1, 0.15) is 13.8 Å². The molecule has 0 unspecified atom stereocenters. The molecule has 0 saturated carbocycles. The van der Waals surface area contributed by atoms with Crippen LogP contribution in [0.5, 0.6) is 0 Å². The number of rotatable bonds is 0. The molecule has 1 aromatic carbocycles. The van der Waals surface area contributed by atoms with E-state index in [9.17, 15) is 0 Å². The van der Waals surface area contributed by atoms with Gasteiger partial charge in [0.15, 0.2) is 0 Å². The molecule has 0 aliphatic heterocycles. The SMILES string of the molecule is [2H]c1c([2H])c(C([2H])([2H])[2H])c2occc2c1[2H]. The molecule has 50 valence electrons. The summed E-state index contributed by atoms with van der Waals surface area (Å²) < 4.78 is 49.6. The summed E-state index contributed by atoms with van der Waals surface area (Å²) >= 11 is 0. The van der Waals surface area contributed by atoms with E-state index in [-0.39, 0.29) is 28.6 Å². The second kappa shape index (κ2) is 1.87. The lowest BCUT2D eigenvalue weighted by molar-refractivity contribution is 0.613. The number of hydrogen-bond acceptors (Lipinski definition) is 1. The number of fused-ring (bicyclic) bond motifs is 1. The first-order valence-corrected chi connectivity index (χ1v) is 2.81. The van der Waals surface area contributed by atoms with E-state index in [1.54, 1.807) is 0 Å². The van der Waals surface area contributed by atoms with E-state index in [1.807, 2.05) is 0 Å². The van der Waals surface area contributed by atoms with Crippen molar-refractivity contribution in [3.8, 4) is 0 Å². The molecule has 0 aliphatic carbocycles. The molecule has 10 heavy (non-hydrogen) atoms. The van der Waals surface area contributed by atoms with Gasteiger partial charge in [0.2, 0.25) is 0 Å². The molecule has 0 fully saturated rings. The van der Waals surface area contributed by atoms with E-state index in [0.717, 1.165) is 0 Å². The van der Waals surface area contributed by atoms with Gasteiger partial charge in [-0.25, -0.2) is 0 Å². The first kappa shape index (κ1) is 2.12. The molecule has 0 radical (unpaired) electrons. The molecular weight excluding hydrogens is 124 g/mol. The molecule has 0 bridgehead atoms. The van der Waals surface area contributed by atoms with Crippen molar-refractivity contribution in [2.45, 2.75) is 6.85 Å². The Hall–Kier alpha value is -1.24. The molecule has 0 saturated heterocycles. The molecule has 0 aliphatic rings. The minimum atomic E-state index is -2.52. The predicted molar refractivity (Wildman–Crippen MR) is 41.0 cm³/mol. The van der Waals surface area contributed by atoms with E-state index in [2.05, 4.69) is 0 Å². The Kier molecular flexibility index (Phi) is 0.398. The van der Waals surface area contributed by atoms with Crippen molar-refractivity contribution in [2.24, 2.45) is 0 Å². The maximum absolute atomic E-state index is 7.60. The van der Waals surface area contributed by atoms with E-state index in [1.165, 1.54) is 12.3 Å². The summed E-state index contributed by atoms with van der Waals surface area (Å²) in [5.74, 6) is 0. The molecule has 2 aromatic rings. The van der Waals surface area contributed by atoms with Crippen molar-refractivity contribution in [1.82, 2.24) is 0 Å². The lowest BCUT2D eigenvalue weighted by Gasteiger charge is -1.90. The van der Waals surface area contributed by atoms with Crippen molar-refractivity contribution in [1.29, 1.82) is 0 Å². The van der Waals surface area contributed by atoms with Gasteiger partial charge in [0.25, 0.3) is 0 Å². The third kappa shape index (κ3) is 0.637. The molecule has 1 heteroatoms. The predicted octanol–water partition coefficient (Wildman–Crippen LogP) is 2.74. The zero-order valence-corrected chi connectivity index (χ0v) is 5.06. The first-order valence-electron chi connectivity index (χ1n) is 5.81. The smallest absolute Gasteiger partial charge is 0.136 e. The van der Waals surface area contributed by atoms with Crippen molar-refractivity contribution in [3.63, 3.8) is 0 Å². The number of benzene rings is 1. The zero-order chi connectivity index (χ0) is 12.1. The minimum Gasteiger partial charge on any atom is -0.464 e. The number of furan rings is 1. The molecule has 0 spiro atoms. The standard InChI is InChI=1S/C9H8O/c1-7-3-2-4-8-5-6-10-9(7)8/h2-6H,1H3/i1D3,2D,3D,4D. The topological polar surface area (TPSA) is 13.1 Å². The van der Waals surface area contributed by atoms with E-state index in [4.69, 9.17) is 12.6 Å². The van der Waals surface area contributed by atoms with Gasteiger partial charge in [-0.1, -0.05) is 18.1 Å². The van der Waals surface area contributed by atoms with Crippen LogP contribution in [0.4, 0.5) is 0 Å². The highest BCUT2D eigenvalue weighted by molar-refractivity contribution is 5.79. The van der Waals surface area contributed by atoms with E-state index in [0.29, 0.717) is 0 Å². The monoisotopic (exact) mass is 138 g/mol. The summed E-state index contributed by atoms with van der Waals surface area (Å²) in [6, 6.07) is 0.402. The zero-order valence-electron chi connectivity index (χ0n) is 11.1. The van der Waals surface area contributed by atoms with Gasteiger partial charge in [0.1, 0.15) is 5.58 Å². The van der Waals surface area contributed by atoms with Gasteiger partial charge in [-0.15, -0.1) is 0 Å². The highest BCUT2D eigenvalue weighted by atomic mass is 16.3. The fourth-order valence-corrected chi connectivity index (χ4v) is 0.819. The Morgan fingerprint density at radius 3 is 3.50 bits per heavy atom. The van der Waals surface area contributed by atoms with Crippen LogP contribution in [0.2, 0.25) is 0 Å². The summed E-state index contributed by atoms with van der Waals surface area (Å²) in [6.07, 6.45) is 1.26. The summed E-state index contributed by atoms with van der Waals surface area (Å²) in [5.41, 5.74) is -0.292. The van der Waals surface area contributed by atoms with E-state index >= 15 is 0 Å². The lowest BCUT2D eigenvalue weighted by atomic mass is 10.2. The molecule has 0 atom stereocenters. The van der Waals surface area contributed by atoms with Gasteiger partial charge < -0.3 is 4.42 Å². The van der Waals surface area contributed by atoms with Crippen LogP contribution in [0, 0.1) is 6.85 Å². The van der Waals surface area contributed by atoms with Gasteiger partial charge in [-0.3, -0.25) is 0 Å². The first-order chi connectivity index (χ1) is 7.34. The van der Waals surface area contributed by atoms with Crippen LogP contribution in [0.15, 0.2) is 34.9 Å². The van der Waals surface area contributed by atoms with Gasteiger partial charge in [-0.05, 0) is 18.5 Å². The van der Waals surface area contributed by atoms with E-state index < -0.39 is 12.9 Å². The minimum absolute atomic E-state index is 0.00556. The molecular formula is C9H8O. The fourth-order valence-electron chi connectivity index (χ4n) is 0.819. The van der Waals surface area contributed by atoms with Crippen molar-refractivity contribution in [3.05, 3.63) is 36.0 Å². The molecule has 1 heterocycles. The maximum Gasteiger partial charge on any atom is 0.136 e. The Labute approximate surface area is 67.7 Å². The van der Waals surface area contributed by atoms with Crippen LogP contribution in [0.25, 0.3) is 11.0 Å². The molecule has 0 amide bonds. The quantitative estimate of drug-likeness (QED) is 0.545. The molecule has 2 rings (SSSR count). The van der Waals surface area contributed by atoms with Crippen LogP contribution in [-0.4, -0.2) is 0 Å². The van der Waals surface area contributed by atoms with Crippen LogP contribution in [0.3, 0.4) is 0 Å². The molecule has 1 aromatic heterocycles. The van der Waals surface area contributed by atoms with Crippen molar-refractivity contribution >= 4 is 11.0 Å². The summed E-state index contributed by atoms with van der Waals surface area (Å²) in [6.45, 7) is -2.52. The number of para-hydroxylation sites is 1. The van der Waals surface area contributed by atoms with Gasteiger partial charge in [0.05, 0.1) is 10.4 Å².